The molecule has 24 heavy (non-hydrogen) atoms. The summed E-state index contributed by atoms with van der Waals surface area (Å²) in [5.41, 5.74) is 3.85. The first-order chi connectivity index (χ1) is 11.2. The first-order valence-electron chi connectivity index (χ1n) is 8.47. The first-order valence-corrected chi connectivity index (χ1v) is 8.90. The molecule has 2 rings (SSSR count). The van der Waals surface area contributed by atoms with Crippen LogP contribution >= 0.6 is 11.6 Å². The molecule has 1 aromatic carbocycles. The van der Waals surface area contributed by atoms with Crippen LogP contribution < -0.4 is 0 Å². The highest BCUT2D eigenvalue weighted by Gasteiger charge is 2.48. The van der Waals surface area contributed by atoms with Gasteiger partial charge in [-0.3, -0.25) is 0 Å². The van der Waals surface area contributed by atoms with E-state index in [9.17, 15) is 0 Å². The van der Waals surface area contributed by atoms with Gasteiger partial charge < -0.3 is 14.2 Å². The minimum Gasteiger partial charge on any atom is -0.374 e. The van der Waals surface area contributed by atoms with Crippen LogP contribution in [0.2, 0.25) is 0 Å². The second kappa shape index (κ2) is 8.01. The molecule has 134 valence electrons. The Hall–Kier alpha value is -0.870. The van der Waals surface area contributed by atoms with Gasteiger partial charge >= 0.3 is 0 Å². The minimum absolute atomic E-state index is 0.0464. The van der Waals surface area contributed by atoms with E-state index in [0.717, 1.165) is 17.6 Å². The first kappa shape index (κ1) is 19.5. The van der Waals surface area contributed by atoms with Crippen molar-refractivity contribution in [3.63, 3.8) is 0 Å². The van der Waals surface area contributed by atoms with E-state index in [0.29, 0.717) is 13.2 Å². The van der Waals surface area contributed by atoms with E-state index in [1.54, 1.807) is 5.54 Å². The summed E-state index contributed by atoms with van der Waals surface area (Å²) in [6, 6.07) is 10.2. The molecule has 1 aliphatic rings. The highest BCUT2D eigenvalue weighted by atomic mass is 35.5. The van der Waals surface area contributed by atoms with Crippen molar-refractivity contribution in [2.24, 2.45) is 5.41 Å². The van der Waals surface area contributed by atoms with E-state index in [2.05, 4.69) is 26.0 Å². The molecule has 1 saturated heterocycles. The maximum absolute atomic E-state index is 6.20. The van der Waals surface area contributed by atoms with Gasteiger partial charge in [0, 0.05) is 5.54 Å². The number of rotatable bonds is 7. The lowest BCUT2D eigenvalue weighted by Crippen LogP contribution is -2.40. The average Bonchev–Trinajstić information content (AvgIpc) is 2.84. The second-order valence-electron chi connectivity index (χ2n) is 7.72. The van der Waals surface area contributed by atoms with Crippen LogP contribution in [0.1, 0.15) is 46.6 Å². The smallest absolute Gasteiger partial charge is 0.163 e. The number of hydrogen-bond acceptors (Lipinski definition) is 3. The van der Waals surface area contributed by atoms with Crippen LogP contribution in [0.4, 0.5) is 0 Å². The van der Waals surface area contributed by atoms with Crippen LogP contribution in [0, 0.1) is 5.41 Å². The standard InChI is InChI=1S/C20H29ClO3/c1-15(12-21)11-19(2,3)18-17(23-20(4,5)24-18)14-22-13-16-9-7-6-8-10-16/h6-10,12,17-18H,11,13-14H2,1-5H3/b15-12+/t17-,18+/m0/s1. The van der Waals surface area contributed by atoms with Crippen LogP contribution in [0.3, 0.4) is 0 Å². The van der Waals surface area contributed by atoms with Crippen molar-refractivity contribution in [3.05, 3.63) is 47.0 Å². The average molecular weight is 353 g/mol. The number of ether oxygens (including phenoxy) is 3. The molecule has 1 heterocycles. The van der Waals surface area contributed by atoms with Crippen molar-refractivity contribution < 1.29 is 14.2 Å². The van der Waals surface area contributed by atoms with Gasteiger partial charge in [-0.2, -0.15) is 0 Å². The Morgan fingerprint density at radius 1 is 1.25 bits per heavy atom. The highest BCUT2D eigenvalue weighted by Crippen LogP contribution is 2.41. The molecule has 0 N–H and O–H groups in total. The van der Waals surface area contributed by atoms with Crippen LogP contribution in [0.25, 0.3) is 0 Å². The van der Waals surface area contributed by atoms with Crippen molar-refractivity contribution in [1.82, 2.24) is 0 Å². The summed E-state index contributed by atoms with van der Waals surface area (Å²) in [5, 5.41) is 0. The number of halogens is 1. The maximum Gasteiger partial charge on any atom is 0.163 e. The third-order valence-electron chi connectivity index (χ3n) is 4.27. The summed E-state index contributed by atoms with van der Waals surface area (Å²) < 4.78 is 18.2. The summed E-state index contributed by atoms with van der Waals surface area (Å²) in [6.45, 7) is 11.4. The lowest BCUT2D eigenvalue weighted by atomic mass is 9.78. The van der Waals surface area contributed by atoms with Crippen LogP contribution in [0.5, 0.6) is 0 Å². The molecule has 0 saturated carbocycles. The van der Waals surface area contributed by atoms with E-state index in [-0.39, 0.29) is 17.6 Å². The van der Waals surface area contributed by atoms with E-state index in [1.807, 2.05) is 39.0 Å². The summed E-state index contributed by atoms with van der Waals surface area (Å²) in [6.07, 6.45) is 0.715. The molecular formula is C20H29ClO3. The molecule has 4 heteroatoms. The molecular weight excluding hydrogens is 324 g/mol. The van der Waals surface area contributed by atoms with Gasteiger partial charge in [0.1, 0.15) is 6.10 Å². The Bertz CT molecular complexity index is 551. The Morgan fingerprint density at radius 3 is 2.54 bits per heavy atom. The molecule has 1 fully saturated rings. The summed E-state index contributed by atoms with van der Waals surface area (Å²) in [7, 11) is 0. The molecule has 3 nitrogen and oxygen atoms in total. The summed E-state index contributed by atoms with van der Waals surface area (Å²) in [4.78, 5) is 0. The van der Waals surface area contributed by atoms with Crippen LogP contribution in [-0.4, -0.2) is 24.6 Å². The Labute approximate surface area is 150 Å². The normalized spacial score (nSPS) is 24.3. The predicted octanol–water partition coefficient (Wildman–Crippen LogP) is 5.28. The predicted molar refractivity (Wildman–Crippen MR) is 97.9 cm³/mol. The van der Waals surface area contributed by atoms with Crippen molar-refractivity contribution in [2.75, 3.05) is 6.61 Å². The molecule has 0 amide bonds. The molecule has 0 unspecified atom stereocenters. The molecule has 0 bridgehead atoms. The SMILES string of the molecule is C/C(=C\Cl)CC(C)(C)[C@@H]1OC(C)(C)O[C@H]1COCc1ccccc1. The van der Waals surface area contributed by atoms with Gasteiger partial charge in [-0.15, -0.1) is 0 Å². The third kappa shape index (κ3) is 5.32. The number of hydrogen-bond donors (Lipinski definition) is 0. The fourth-order valence-corrected chi connectivity index (χ4v) is 3.42. The minimum atomic E-state index is -0.596. The zero-order valence-electron chi connectivity index (χ0n) is 15.3. The maximum atomic E-state index is 6.20. The quantitative estimate of drug-likeness (QED) is 0.668. The molecule has 0 spiro atoms. The molecule has 1 aliphatic heterocycles. The largest absolute Gasteiger partial charge is 0.374 e. The Balaban J connectivity index is 2.00. The summed E-state index contributed by atoms with van der Waals surface area (Å²) in [5.74, 6) is -0.596. The number of allylic oxidation sites excluding steroid dienone is 1. The highest BCUT2D eigenvalue weighted by molar-refractivity contribution is 6.25. The van der Waals surface area contributed by atoms with Crippen molar-refractivity contribution >= 4 is 11.6 Å². The zero-order valence-corrected chi connectivity index (χ0v) is 16.1. The van der Waals surface area contributed by atoms with E-state index in [1.165, 1.54) is 0 Å². The monoisotopic (exact) mass is 352 g/mol. The summed E-state index contributed by atoms with van der Waals surface area (Å²) >= 11 is 5.85. The molecule has 2 atom stereocenters. The topological polar surface area (TPSA) is 27.7 Å². The van der Waals surface area contributed by atoms with Gasteiger partial charge in [0.2, 0.25) is 0 Å². The van der Waals surface area contributed by atoms with Crippen LogP contribution in [0.15, 0.2) is 41.4 Å². The van der Waals surface area contributed by atoms with E-state index < -0.39 is 5.79 Å². The van der Waals surface area contributed by atoms with Gasteiger partial charge in [-0.25, -0.2) is 0 Å². The van der Waals surface area contributed by atoms with Gasteiger partial charge in [0.05, 0.1) is 19.3 Å². The van der Waals surface area contributed by atoms with Crippen molar-refractivity contribution in [1.29, 1.82) is 0 Å². The zero-order chi connectivity index (χ0) is 17.8. The van der Waals surface area contributed by atoms with E-state index in [4.69, 9.17) is 25.8 Å². The molecule has 0 aromatic heterocycles. The van der Waals surface area contributed by atoms with Crippen molar-refractivity contribution in [3.8, 4) is 0 Å². The van der Waals surface area contributed by atoms with Gasteiger partial charge in [0.15, 0.2) is 5.79 Å². The third-order valence-corrected chi connectivity index (χ3v) is 4.64. The van der Waals surface area contributed by atoms with Crippen LogP contribution in [-0.2, 0) is 20.8 Å². The Morgan fingerprint density at radius 2 is 1.92 bits per heavy atom. The lowest BCUT2D eigenvalue weighted by Gasteiger charge is -2.34. The van der Waals surface area contributed by atoms with Gasteiger partial charge in [0.25, 0.3) is 0 Å². The lowest BCUT2D eigenvalue weighted by molar-refractivity contribution is -0.158. The fourth-order valence-electron chi connectivity index (χ4n) is 3.34. The molecule has 0 radical (unpaired) electrons. The molecule has 0 aliphatic carbocycles. The van der Waals surface area contributed by atoms with E-state index >= 15 is 0 Å². The van der Waals surface area contributed by atoms with Gasteiger partial charge in [-0.05, 0) is 38.2 Å². The van der Waals surface area contributed by atoms with Gasteiger partial charge in [-0.1, -0.05) is 61.4 Å². The second-order valence-corrected chi connectivity index (χ2v) is 7.93. The fraction of sp³-hybridized carbons (Fsp3) is 0.600. The number of benzene rings is 1. The van der Waals surface area contributed by atoms with Crippen molar-refractivity contribution in [2.45, 2.75) is 65.6 Å². The Kier molecular flexibility index (Phi) is 6.49. The molecule has 1 aromatic rings.